The van der Waals surface area contributed by atoms with Crippen LogP contribution in [0.25, 0.3) is 0 Å². The van der Waals surface area contributed by atoms with E-state index in [0.29, 0.717) is 13.0 Å². The minimum absolute atomic E-state index is 0.161. The average Bonchev–Trinajstić information content (AvgIpc) is 2.45. The van der Waals surface area contributed by atoms with E-state index in [4.69, 9.17) is 0 Å². The van der Waals surface area contributed by atoms with Crippen molar-refractivity contribution in [3.63, 3.8) is 0 Å². The van der Waals surface area contributed by atoms with E-state index in [-0.39, 0.29) is 18.7 Å². The first-order valence-electron chi connectivity index (χ1n) is 4.70. The van der Waals surface area contributed by atoms with Crippen LogP contribution in [0, 0.1) is 5.92 Å². The van der Waals surface area contributed by atoms with Crippen molar-refractivity contribution in [2.24, 2.45) is 5.92 Å². The highest BCUT2D eigenvalue weighted by Crippen LogP contribution is 2.39. The summed E-state index contributed by atoms with van der Waals surface area (Å²) in [5.74, 6) is -3.34. The van der Waals surface area contributed by atoms with Crippen molar-refractivity contribution in [3.05, 3.63) is 12.7 Å². The quantitative estimate of drug-likeness (QED) is 0.643. The van der Waals surface area contributed by atoms with E-state index >= 15 is 0 Å². The fourth-order valence-corrected chi connectivity index (χ4v) is 1.76. The maximum Gasteiger partial charge on any atom is 0.248 e. The maximum absolute atomic E-state index is 12.8. The van der Waals surface area contributed by atoms with E-state index in [0.717, 1.165) is 0 Å². The lowest BCUT2D eigenvalue weighted by Gasteiger charge is -2.19. The van der Waals surface area contributed by atoms with Crippen LogP contribution in [-0.2, 0) is 4.79 Å². The van der Waals surface area contributed by atoms with Crippen LogP contribution in [0.2, 0.25) is 0 Å². The Kier molecular flexibility index (Phi) is 3.24. The zero-order valence-corrected chi connectivity index (χ0v) is 8.30. The van der Waals surface area contributed by atoms with Crippen molar-refractivity contribution < 1.29 is 13.6 Å². The van der Waals surface area contributed by atoms with Gasteiger partial charge in [0.2, 0.25) is 11.8 Å². The Morgan fingerprint density at radius 3 is 2.79 bits per heavy atom. The van der Waals surface area contributed by atoms with Crippen LogP contribution >= 0.6 is 0 Å². The second kappa shape index (κ2) is 4.07. The summed E-state index contributed by atoms with van der Waals surface area (Å²) in [5, 5.41) is 0. The van der Waals surface area contributed by atoms with Gasteiger partial charge in [0.25, 0.3) is 0 Å². The summed E-state index contributed by atoms with van der Waals surface area (Å²) in [7, 11) is 1.61. The molecule has 1 amide bonds. The first kappa shape index (κ1) is 11.1. The first-order chi connectivity index (χ1) is 6.46. The molecule has 0 aromatic heterocycles. The zero-order valence-electron chi connectivity index (χ0n) is 8.30. The number of likely N-dealkylation sites (N-methyl/N-ethyl adjacent to an activating group) is 1. The molecule has 0 aromatic carbocycles. The highest BCUT2D eigenvalue weighted by Gasteiger charge is 2.43. The molecule has 0 saturated heterocycles. The molecule has 1 aliphatic rings. The molecule has 1 rings (SSSR count). The van der Waals surface area contributed by atoms with Crippen molar-refractivity contribution in [2.75, 3.05) is 13.6 Å². The minimum Gasteiger partial charge on any atom is -0.342 e. The van der Waals surface area contributed by atoms with Gasteiger partial charge in [-0.25, -0.2) is 8.78 Å². The van der Waals surface area contributed by atoms with Crippen LogP contribution in [0.5, 0.6) is 0 Å². The number of halogens is 2. The largest absolute Gasteiger partial charge is 0.342 e. The van der Waals surface area contributed by atoms with Gasteiger partial charge in [-0.15, -0.1) is 6.58 Å². The van der Waals surface area contributed by atoms with Crippen molar-refractivity contribution in [2.45, 2.75) is 25.2 Å². The molecule has 0 N–H and O–H groups in total. The normalized spacial score (nSPS) is 24.6. The Hall–Kier alpha value is -0.930. The van der Waals surface area contributed by atoms with Gasteiger partial charge >= 0.3 is 0 Å². The predicted octanol–water partition coefficient (Wildman–Crippen LogP) is 2.07. The Morgan fingerprint density at radius 1 is 1.71 bits per heavy atom. The third-order valence-electron chi connectivity index (χ3n) is 2.53. The molecule has 80 valence electrons. The van der Waals surface area contributed by atoms with Crippen molar-refractivity contribution in [3.8, 4) is 0 Å². The minimum atomic E-state index is -2.64. The van der Waals surface area contributed by atoms with Crippen LogP contribution in [-0.4, -0.2) is 30.3 Å². The monoisotopic (exact) mass is 203 g/mol. The molecule has 14 heavy (non-hydrogen) atoms. The number of carbonyl (C=O) groups is 1. The molecule has 0 heterocycles. The summed E-state index contributed by atoms with van der Waals surface area (Å²) >= 11 is 0. The van der Waals surface area contributed by atoms with Crippen LogP contribution in [0.3, 0.4) is 0 Å². The molecule has 2 nitrogen and oxygen atoms in total. The number of rotatable bonds is 3. The highest BCUT2D eigenvalue weighted by atomic mass is 19.3. The molecule has 4 heteroatoms. The molecule has 0 spiro atoms. The summed E-state index contributed by atoms with van der Waals surface area (Å²) in [4.78, 5) is 13.0. The van der Waals surface area contributed by atoms with Gasteiger partial charge < -0.3 is 4.90 Å². The summed E-state index contributed by atoms with van der Waals surface area (Å²) in [6.07, 6.45) is 1.43. The van der Waals surface area contributed by atoms with Gasteiger partial charge in [-0.1, -0.05) is 6.08 Å². The Balaban J connectivity index is 2.51. The Morgan fingerprint density at radius 2 is 2.36 bits per heavy atom. The fraction of sp³-hybridized carbons (Fsp3) is 0.700. The van der Waals surface area contributed by atoms with Gasteiger partial charge in [0.05, 0.1) is 0 Å². The van der Waals surface area contributed by atoms with Crippen molar-refractivity contribution in [1.29, 1.82) is 0 Å². The lowest BCUT2D eigenvalue weighted by molar-refractivity contribution is -0.134. The van der Waals surface area contributed by atoms with Crippen LogP contribution in [0.15, 0.2) is 12.7 Å². The molecule has 0 bridgehead atoms. The lowest BCUT2D eigenvalue weighted by Crippen LogP contribution is -2.32. The molecule has 1 unspecified atom stereocenters. The molecule has 0 radical (unpaired) electrons. The van der Waals surface area contributed by atoms with Crippen LogP contribution in [0.4, 0.5) is 8.78 Å². The molecule has 0 aliphatic heterocycles. The summed E-state index contributed by atoms with van der Waals surface area (Å²) < 4.78 is 25.6. The first-order valence-corrected chi connectivity index (χ1v) is 4.70. The lowest BCUT2D eigenvalue weighted by atomic mass is 10.1. The second-order valence-electron chi connectivity index (χ2n) is 3.80. The molecule has 1 saturated carbocycles. The third kappa shape index (κ3) is 2.53. The zero-order chi connectivity index (χ0) is 10.8. The molecular weight excluding hydrogens is 188 g/mol. The van der Waals surface area contributed by atoms with E-state index in [1.165, 1.54) is 4.90 Å². The molecular formula is C10H15F2NO. The number of alkyl halides is 2. The fourth-order valence-electron chi connectivity index (χ4n) is 1.76. The van der Waals surface area contributed by atoms with Crippen molar-refractivity contribution in [1.82, 2.24) is 4.90 Å². The smallest absolute Gasteiger partial charge is 0.248 e. The van der Waals surface area contributed by atoms with Gasteiger partial charge in [0, 0.05) is 32.4 Å². The number of nitrogens with zero attached hydrogens (tertiary/aromatic N) is 1. The summed E-state index contributed by atoms with van der Waals surface area (Å²) in [5.41, 5.74) is 0. The van der Waals surface area contributed by atoms with Crippen LogP contribution < -0.4 is 0 Å². The summed E-state index contributed by atoms with van der Waals surface area (Å²) in [6.45, 7) is 3.91. The van der Waals surface area contributed by atoms with Crippen molar-refractivity contribution >= 4 is 5.91 Å². The van der Waals surface area contributed by atoms with E-state index in [1.54, 1.807) is 13.1 Å². The van der Waals surface area contributed by atoms with Gasteiger partial charge in [-0.05, 0) is 6.42 Å². The molecule has 1 fully saturated rings. The van der Waals surface area contributed by atoms with E-state index in [2.05, 4.69) is 6.58 Å². The Bertz CT molecular complexity index is 240. The van der Waals surface area contributed by atoms with Gasteiger partial charge in [-0.2, -0.15) is 0 Å². The SMILES string of the molecule is C=CCN(C)C(=O)C1CCC(F)(F)C1. The number of carbonyl (C=O) groups excluding carboxylic acids is 1. The topological polar surface area (TPSA) is 20.3 Å². The van der Waals surface area contributed by atoms with Gasteiger partial charge in [-0.3, -0.25) is 4.79 Å². The second-order valence-corrected chi connectivity index (χ2v) is 3.80. The number of hydrogen-bond donors (Lipinski definition) is 0. The predicted molar refractivity (Wildman–Crippen MR) is 50.1 cm³/mol. The van der Waals surface area contributed by atoms with Crippen LogP contribution in [0.1, 0.15) is 19.3 Å². The number of amides is 1. The third-order valence-corrected chi connectivity index (χ3v) is 2.53. The van der Waals surface area contributed by atoms with E-state index < -0.39 is 11.8 Å². The average molecular weight is 203 g/mol. The van der Waals surface area contributed by atoms with E-state index in [1.807, 2.05) is 0 Å². The maximum atomic E-state index is 12.8. The van der Waals surface area contributed by atoms with Gasteiger partial charge in [0.15, 0.2) is 0 Å². The summed E-state index contributed by atoms with van der Waals surface area (Å²) in [6, 6.07) is 0. The molecule has 1 atom stereocenters. The standard InChI is InChI=1S/C10H15F2NO/c1-3-6-13(2)9(14)8-4-5-10(11,12)7-8/h3,8H,1,4-7H2,2H3. The molecule has 1 aliphatic carbocycles. The Labute approximate surface area is 82.6 Å². The number of hydrogen-bond acceptors (Lipinski definition) is 1. The van der Waals surface area contributed by atoms with Gasteiger partial charge in [0.1, 0.15) is 0 Å². The highest BCUT2D eigenvalue weighted by molar-refractivity contribution is 5.79. The molecule has 0 aromatic rings. The van der Waals surface area contributed by atoms with E-state index in [9.17, 15) is 13.6 Å².